The lowest BCUT2D eigenvalue weighted by Crippen LogP contribution is -2.31. The summed E-state index contributed by atoms with van der Waals surface area (Å²) in [6, 6.07) is -0.262. The Hall–Kier alpha value is -0.930. The Morgan fingerprint density at radius 1 is 1.70 bits per heavy atom. The molecule has 0 aliphatic rings. The second-order valence-corrected chi connectivity index (χ2v) is 2.02. The van der Waals surface area contributed by atoms with Crippen molar-refractivity contribution in [1.29, 1.82) is 5.53 Å². The lowest BCUT2D eigenvalue weighted by molar-refractivity contribution is -0.120. The van der Waals surface area contributed by atoms with E-state index in [1.807, 2.05) is 6.92 Å². The van der Waals surface area contributed by atoms with Crippen LogP contribution in [-0.2, 0) is 4.79 Å². The van der Waals surface area contributed by atoms with Crippen LogP contribution < -0.4 is 5.43 Å². The van der Waals surface area contributed by atoms with Crippen LogP contribution >= 0.6 is 0 Å². The van der Waals surface area contributed by atoms with Gasteiger partial charge in [-0.25, -0.2) is 0 Å². The van der Waals surface area contributed by atoms with Crippen molar-refractivity contribution in [3.8, 4) is 0 Å². The molecule has 0 rings (SSSR count). The third kappa shape index (κ3) is 2.57. The van der Waals surface area contributed by atoms with Crippen LogP contribution in [0.2, 0.25) is 0 Å². The molecule has 10 heavy (non-hydrogen) atoms. The van der Waals surface area contributed by atoms with Gasteiger partial charge in [-0.1, -0.05) is 19.1 Å². The standard InChI is InChI=1S/C6H13N3O/c1-3-5(8-9-7)6(10)4-2/h5H,3-4H2,1-2H3,(H2,7,8). The van der Waals surface area contributed by atoms with Crippen LogP contribution in [0.1, 0.15) is 26.7 Å². The lowest BCUT2D eigenvalue weighted by Gasteiger charge is -2.09. The highest BCUT2D eigenvalue weighted by Gasteiger charge is 2.11. The molecule has 0 aromatic heterocycles. The van der Waals surface area contributed by atoms with Gasteiger partial charge < -0.3 is 0 Å². The largest absolute Gasteiger partial charge is 0.297 e. The summed E-state index contributed by atoms with van der Waals surface area (Å²) in [6.07, 6.45) is 1.19. The first-order valence-electron chi connectivity index (χ1n) is 3.40. The summed E-state index contributed by atoms with van der Waals surface area (Å²) in [7, 11) is 0. The van der Waals surface area contributed by atoms with Crippen molar-refractivity contribution in [2.24, 2.45) is 5.22 Å². The van der Waals surface area contributed by atoms with Gasteiger partial charge in [0.05, 0.1) is 0 Å². The second-order valence-electron chi connectivity index (χ2n) is 2.02. The van der Waals surface area contributed by atoms with Crippen molar-refractivity contribution < 1.29 is 4.79 Å². The van der Waals surface area contributed by atoms with Crippen molar-refractivity contribution in [3.63, 3.8) is 0 Å². The van der Waals surface area contributed by atoms with E-state index in [0.717, 1.165) is 0 Å². The number of nitrogens with zero attached hydrogens (tertiary/aromatic N) is 1. The Bertz CT molecular complexity index is 124. The summed E-state index contributed by atoms with van der Waals surface area (Å²) < 4.78 is 0. The van der Waals surface area contributed by atoms with E-state index >= 15 is 0 Å². The maximum Gasteiger partial charge on any atom is 0.156 e. The molecule has 0 spiro atoms. The number of carbonyl (C=O) groups is 1. The van der Waals surface area contributed by atoms with E-state index in [-0.39, 0.29) is 11.8 Å². The number of hydrogen-bond donors (Lipinski definition) is 2. The van der Waals surface area contributed by atoms with Gasteiger partial charge in [0, 0.05) is 6.42 Å². The SMILES string of the molecule is CCC(=O)C(CC)NN=N. The highest BCUT2D eigenvalue weighted by Crippen LogP contribution is 1.95. The van der Waals surface area contributed by atoms with Crippen molar-refractivity contribution >= 4 is 5.78 Å². The molecule has 0 fully saturated rings. The molecule has 0 saturated heterocycles. The molecule has 58 valence electrons. The van der Waals surface area contributed by atoms with E-state index in [2.05, 4.69) is 10.6 Å². The predicted molar refractivity (Wildman–Crippen MR) is 37.7 cm³/mol. The van der Waals surface area contributed by atoms with Gasteiger partial charge in [0.2, 0.25) is 0 Å². The molecule has 0 aromatic carbocycles. The third-order valence-electron chi connectivity index (χ3n) is 1.37. The maximum atomic E-state index is 10.9. The Kier molecular flexibility index (Phi) is 4.45. The zero-order valence-electron chi connectivity index (χ0n) is 6.35. The fraction of sp³-hybridized carbons (Fsp3) is 0.833. The van der Waals surface area contributed by atoms with Crippen molar-refractivity contribution in [1.82, 2.24) is 5.43 Å². The fourth-order valence-electron chi connectivity index (χ4n) is 0.715. The van der Waals surface area contributed by atoms with E-state index in [1.54, 1.807) is 6.92 Å². The van der Waals surface area contributed by atoms with E-state index in [1.165, 1.54) is 0 Å². The highest BCUT2D eigenvalue weighted by atomic mass is 16.1. The molecule has 0 aromatic rings. The Balaban J connectivity index is 3.79. The van der Waals surface area contributed by atoms with Gasteiger partial charge in [-0.3, -0.25) is 10.2 Å². The van der Waals surface area contributed by atoms with Crippen LogP contribution in [0.25, 0.3) is 0 Å². The molecule has 0 aliphatic carbocycles. The molecule has 0 saturated carbocycles. The van der Waals surface area contributed by atoms with Crippen LogP contribution in [0.3, 0.4) is 0 Å². The first-order chi connectivity index (χ1) is 4.76. The molecule has 2 N–H and O–H groups in total. The molecule has 1 atom stereocenters. The minimum atomic E-state index is -0.262. The average molecular weight is 143 g/mol. The zero-order valence-corrected chi connectivity index (χ0v) is 6.35. The summed E-state index contributed by atoms with van der Waals surface area (Å²) in [5.41, 5.74) is 8.89. The van der Waals surface area contributed by atoms with Gasteiger partial charge >= 0.3 is 0 Å². The zero-order chi connectivity index (χ0) is 7.98. The highest BCUT2D eigenvalue weighted by molar-refractivity contribution is 5.83. The second kappa shape index (κ2) is 4.90. The minimum Gasteiger partial charge on any atom is -0.297 e. The van der Waals surface area contributed by atoms with E-state index in [0.29, 0.717) is 12.8 Å². The summed E-state index contributed by atoms with van der Waals surface area (Å²) in [5.74, 6) is 0.110. The molecule has 0 heterocycles. The monoisotopic (exact) mass is 143 g/mol. The van der Waals surface area contributed by atoms with Gasteiger partial charge in [-0.05, 0) is 6.42 Å². The van der Waals surface area contributed by atoms with Gasteiger partial charge in [0.15, 0.2) is 5.78 Å². The third-order valence-corrected chi connectivity index (χ3v) is 1.37. The van der Waals surface area contributed by atoms with Crippen molar-refractivity contribution in [2.75, 3.05) is 0 Å². The smallest absolute Gasteiger partial charge is 0.156 e. The lowest BCUT2D eigenvalue weighted by atomic mass is 10.1. The number of hydrogen-bond acceptors (Lipinski definition) is 3. The summed E-state index contributed by atoms with van der Waals surface area (Å²) in [5, 5.41) is 2.96. The van der Waals surface area contributed by atoms with E-state index in [9.17, 15) is 4.79 Å². The molecule has 0 radical (unpaired) electrons. The number of rotatable bonds is 5. The fourth-order valence-corrected chi connectivity index (χ4v) is 0.715. The molecule has 0 aliphatic heterocycles. The number of nitrogens with one attached hydrogen (secondary N) is 2. The number of carbonyl (C=O) groups excluding carboxylic acids is 1. The van der Waals surface area contributed by atoms with Crippen LogP contribution in [0.5, 0.6) is 0 Å². The van der Waals surface area contributed by atoms with Gasteiger partial charge in [-0.15, -0.1) is 0 Å². The molecular formula is C6H13N3O. The minimum absolute atomic E-state index is 0.110. The van der Waals surface area contributed by atoms with Crippen molar-refractivity contribution in [2.45, 2.75) is 32.7 Å². The normalized spacial score (nSPS) is 12.2. The summed E-state index contributed by atoms with van der Waals surface area (Å²) in [4.78, 5) is 10.9. The molecule has 0 amide bonds. The van der Waals surface area contributed by atoms with Gasteiger partial charge in [0.1, 0.15) is 6.04 Å². The van der Waals surface area contributed by atoms with E-state index in [4.69, 9.17) is 5.53 Å². The van der Waals surface area contributed by atoms with Crippen molar-refractivity contribution in [3.05, 3.63) is 0 Å². The Morgan fingerprint density at radius 2 is 2.30 bits per heavy atom. The van der Waals surface area contributed by atoms with Crippen LogP contribution in [0, 0.1) is 5.53 Å². The molecule has 4 heteroatoms. The van der Waals surface area contributed by atoms with Gasteiger partial charge in [-0.2, -0.15) is 5.53 Å². The van der Waals surface area contributed by atoms with Gasteiger partial charge in [0.25, 0.3) is 0 Å². The maximum absolute atomic E-state index is 10.9. The number of ketones is 1. The summed E-state index contributed by atoms with van der Waals surface area (Å²) in [6.45, 7) is 3.69. The Morgan fingerprint density at radius 3 is 2.60 bits per heavy atom. The van der Waals surface area contributed by atoms with Crippen LogP contribution in [0.15, 0.2) is 5.22 Å². The molecule has 0 bridgehead atoms. The topological polar surface area (TPSA) is 65.3 Å². The number of Topliss-reactive ketones (excluding diaryl/α,β-unsaturated/α-hetero) is 1. The Labute approximate surface area is 60.5 Å². The molecule has 1 unspecified atom stereocenters. The first kappa shape index (κ1) is 9.07. The van der Waals surface area contributed by atoms with Crippen LogP contribution in [-0.4, -0.2) is 11.8 Å². The predicted octanol–water partition coefficient (Wildman–Crippen LogP) is 1.28. The average Bonchev–Trinajstić information content (AvgIpc) is 1.99. The van der Waals surface area contributed by atoms with Crippen LogP contribution in [0.4, 0.5) is 0 Å². The summed E-state index contributed by atoms with van der Waals surface area (Å²) >= 11 is 0. The molecule has 4 nitrogen and oxygen atoms in total. The molecular weight excluding hydrogens is 130 g/mol. The quantitative estimate of drug-likeness (QED) is 0.449. The first-order valence-corrected chi connectivity index (χ1v) is 3.40. The van der Waals surface area contributed by atoms with E-state index < -0.39 is 0 Å².